The highest BCUT2D eigenvalue weighted by atomic mass is 16.2. The van der Waals surface area contributed by atoms with Crippen LogP contribution >= 0.6 is 0 Å². The number of fused-ring (bicyclic) bond motifs is 1. The smallest absolute Gasteiger partial charge is 0.233 e. The van der Waals surface area contributed by atoms with Gasteiger partial charge >= 0.3 is 0 Å². The molecule has 2 heterocycles. The van der Waals surface area contributed by atoms with E-state index in [4.69, 9.17) is 0 Å². The Morgan fingerprint density at radius 3 is 2.81 bits per heavy atom. The van der Waals surface area contributed by atoms with Gasteiger partial charge in [-0.15, -0.1) is 0 Å². The third-order valence-electron chi connectivity index (χ3n) is 3.85. The molecule has 1 aromatic carbocycles. The monoisotopic (exact) mass is 284 g/mol. The molecule has 0 fully saturated rings. The maximum absolute atomic E-state index is 12.6. The van der Waals surface area contributed by atoms with Crippen molar-refractivity contribution in [3.05, 3.63) is 41.6 Å². The van der Waals surface area contributed by atoms with Crippen LogP contribution in [0.4, 0.5) is 11.5 Å². The number of carbonyl (C=O) groups excluding carboxylic acids is 1. The number of benzene rings is 1. The number of aryl methyl sites for hydroxylation is 2. The molecule has 1 unspecified atom stereocenters. The molecule has 1 aliphatic rings. The summed E-state index contributed by atoms with van der Waals surface area (Å²) in [7, 11) is 1.90. The van der Waals surface area contributed by atoms with Gasteiger partial charge in [0.25, 0.3) is 0 Å². The summed E-state index contributed by atoms with van der Waals surface area (Å²) in [5, 5.41) is 10.9. The molecule has 0 bridgehead atoms. The van der Waals surface area contributed by atoms with E-state index in [0.717, 1.165) is 35.6 Å². The predicted octanol–water partition coefficient (Wildman–Crippen LogP) is 2.52. The molecule has 0 radical (unpaired) electrons. The summed E-state index contributed by atoms with van der Waals surface area (Å²) in [4.78, 5) is 12.6. The van der Waals surface area contributed by atoms with Crippen molar-refractivity contribution in [1.29, 1.82) is 0 Å². The number of nitrogens with zero attached hydrogens (tertiary/aromatic N) is 2. The predicted molar refractivity (Wildman–Crippen MR) is 83.5 cm³/mol. The molecule has 1 aliphatic heterocycles. The molecule has 21 heavy (non-hydrogen) atoms. The lowest BCUT2D eigenvalue weighted by molar-refractivity contribution is -0.117. The molecule has 1 atom stereocenters. The van der Waals surface area contributed by atoms with Crippen LogP contribution in [-0.2, 0) is 18.3 Å². The van der Waals surface area contributed by atoms with Crippen LogP contribution < -0.4 is 10.6 Å². The summed E-state index contributed by atoms with van der Waals surface area (Å²) in [6.07, 6.45) is 1.86. The second kappa shape index (κ2) is 5.60. The van der Waals surface area contributed by atoms with E-state index >= 15 is 0 Å². The van der Waals surface area contributed by atoms with E-state index in [1.807, 2.05) is 42.1 Å². The first kappa shape index (κ1) is 13.7. The van der Waals surface area contributed by atoms with Crippen LogP contribution in [0.1, 0.15) is 30.5 Å². The van der Waals surface area contributed by atoms with Gasteiger partial charge in [-0.05, 0) is 12.0 Å². The Labute approximate surface area is 124 Å². The fourth-order valence-electron chi connectivity index (χ4n) is 2.78. The fraction of sp³-hybridized carbons (Fsp3) is 0.375. The van der Waals surface area contributed by atoms with Crippen molar-refractivity contribution in [1.82, 2.24) is 9.78 Å². The summed E-state index contributed by atoms with van der Waals surface area (Å²) in [6.45, 7) is 2.69. The first-order valence-electron chi connectivity index (χ1n) is 7.36. The zero-order valence-electron chi connectivity index (χ0n) is 12.4. The molecule has 110 valence electrons. The number of nitrogens with one attached hydrogen (secondary N) is 2. The van der Waals surface area contributed by atoms with Crippen LogP contribution in [0.2, 0.25) is 0 Å². The summed E-state index contributed by atoms with van der Waals surface area (Å²) < 4.78 is 1.81. The SMILES string of the molecule is CCCc1nn(C)c2c1NC(=O)C(c1ccccc1)CN2. The summed E-state index contributed by atoms with van der Waals surface area (Å²) in [5.41, 5.74) is 2.81. The lowest BCUT2D eigenvalue weighted by Gasteiger charge is -2.14. The normalized spacial score (nSPS) is 17.6. The van der Waals surface area contributed by atoms with E-state index in [-0.39, 0.29) is 11.8 Å². The minimum absolute atomic E-state index is 0.0257. The average Bonchev–Trinajstić information content (AvgIpc) is 2.68. The molecule has 0 saturated heterocycles. The van der Waals surface area contributed by atoms with Crippen molar-refractivity contribution < 1.29 is 4.79 Å². The Morgan fingerprint density at radius 1 is 1.33 bits per heavy atom. The van der Waals surface area contributed by atoms with Gasteiger partial charge < -0.3 is 10.6 Å². The summed E-state index contributed by atoms with van der Waals surface area (Å²) in [5.74, 6) is 0.733. The van der Waals surface area contributed by atoms with Gasteiger partial charge in [-0.1, -0.05) is 43.7 Å². The minimum atomic E-state index is -0.187. The van der Waals surface area contributed by atoms with Crippen LogP contribution in [0.25, 0.3) is 0 Å². The van der Waals surface area contributed by atoms with Crippen LogP contribution in [0.5, 0.6) is 0 Å². The number of aromatic nitrogens is 2. The van der Waals surface area contributed by atoms with E-state index in [9.17, 15) is 4.79 Å². The number of hydrogen-bond donors (Lipinski definition) is 2. The van der Waals surface area contributed by atoms with E-state index in [1.165, 1.54) is 0 Å². The average molecular weight is 284 g/mol. The van der Waals surface area contributed by atoms with Crippen molar-refractivity contribution in [3.8, 4) is 0 Å². The second-order valence-corrected chi connectivity index (χ2v) is 5.38. The largest absolute Gasteiger partial charge is 0.367 e. The number of amides is 1. The highest BCUT2D eigenvalue weighted by molar-refractivity contribution is 6.00. The van der Waals surface area contributed by atoms with Gasteiger partial charge in [0.05, 0.1) is 11.6 Å². The zero-order valence-corrected chi connectivity index (χ0v) is 12.4. The van der Waals surface area contributed by atoms with Gasteiger partial charge in [-0.2, -0.15) is 5.10 Å². The van der Waals surface area contributed by atoms with Crippen molar-refractivity contribution in [2.24, 2.45) is 7.05 Å². The number of carbonyl (C=O) groups is 1. The van der Waals surface area contributed by atoms with Crippen LogP contribution in [0, 0.1) is 0 Å². The molecular weight excluding hydrogens is 264 g/mol. The van der Waals surface area contributed by atoms with Gasteiger partial charge in [0.1, 0.15) is 11.5 Å². The van der Waals surface area contributed by atoms with E-state index < -0.39 is 0 Å². The molecule has 1 aromatic heterocycles. The second-order valence-electron chi connectivity index (χ2n) is 5.38. The van der Waals surface area contributed by atoms with Gasteiger partial charge in [0.2, 0.25) is 5.91 Å². The Balaban J connectivity index is 1.92. The first-order valence-corrected chi connectivity index (χ1v) is 7.36. The van der Waals surface area contributed by atoms with E-state index in [2.05, 4.69) is 22.7 Å². The van der Waals surface area contributed by atoms with Gasteiger partial charge in [-0.3, -0.25) is 9.48 Å². The lowest BCUT2D eigenvalue weighted by Crippen LogP contribution is -2.24. The summed E-state index contributed by atoms with van der Waals surface area (Å²) in [6, 6.07) is 9.87. The third kappa shape index (κ3) is 2.51. The molecule has 5 nitrogen and oxygen atoms in total. The lowest BCUT2D eigenvalue weighted by atomic mass is 9.98. The molecule has 3 rings (SSSR count). The zero-order chi connectivity index (χ0) is 14.8. The van der Waals surface area contributed by atoms with Gasteiger partial charge in [0, 0.05) is 13.6 Å². The van der Waals surface area contributed by atoms with Crippen LogP contribution in [0.3, 0.4) is 0 Å². The molecule has 1 amide bonds. The maximum Gasteiger partial charge on any atom is 0.233 e. The minimum Gasteiger partial charge on any atom is -0.367 e. The Hall–Kier alpha value is -2.30. The van der Waals surface area contributed by atoms with Crippen LogP contribution in [-0.4, -0.2) is 22.2 Å². The van der Waals surface area contributed by atoms with Crippen molar-refractivity contribution in [2.45, 2.75) is 25.7 Å². The molecular formula is C16H20N4O. The Morgan fingerprint density at radius 2 is 2.10 bits per heavy atom. The van der Waals surface area contributed by atoms with E-state index in [0.29, 0.717) is 6.54 Å². The standard InChI is InChI=1S/C16H20N4O/c1-3-7-13-14-15(20(2)19-13)17-10-12(16(21)18-14)11-8-5-4-6-9-11/h4-6,8-9,12,17H,3,7,10H2,1-2H3,(H,18,21). The quantitative estimate of drug-likeness (QED) is 0.910. The highest BCUT2D eigenvalue weighted by Crippen LogP contribution is 2.32. The first-order chi connectivity index (χ1) is 10.2. The van der Waals surface area contributed by atoms with Crippen LogP contribution in [0.15, 0.2) is 30.3 Å². The van der Waals surface area contributed by atoms with Crippen molar-refractivity contribution in [2.75, 3.05) is 17.2 Å². The maximum atomic E-state index is 12.6. The third-order valence-corrected chi connectivity index (χ3v) is 3.85. The number of anilines is 2. The molecule has 0 spiro atoms. The van der Waals surface area contributed by atoms with Gasteiger partial charge in [0.15, 0.2) is 0 Å². The Kier molecular flexibility index (Phi) is 3.64. The van der Waals surface area contributed by atoms with Gasteiger partial charge in [-0.25, -0.2) is 0 Å². The Bertz CT molecular complexity index is 648. The van der Waals surface area contributed by atoms with Crippen molar-refractivity contribution in [3.63, 3.8) is 0 Å². The summed E-state index contributed by atoms with van der Waals surface area (Å²) >= 11 is 0. The number of rotatable bonds is 3. The van der Waals surface area contributed by atoms with Crippen molar-refractivity contribution >= 4 is 17.4 Å². The molecule has 2 N–H and O–H groups in total. The van der Waals surface area contributed by atoms with E-state index in [1.54, 1.807) is 0 Å². The molecule has 2 aromatic rings. The highest BCUT2D eigenvalue weighted by Gasteiger charge is 2.28. The fourth-order valence-corrected chi connectivity index (χ4v) is 2.78. The number of hydrogen-bond acceptors (Lipinski definition) is 3. The topological polar surface area (TPSA) is 59.0 Å². The molecule has 0 aliphatic carbocycles. The molecule has 0 saturated carbocycles. The molecule has 5 heteroatoms.